The minimum Gasteiger partial charge on any atom is -0.497 e. The van der Waals surface area contributed by atoms with E-state index in [0.717, 1.165) is 16.0 Å². The van der Waals surface area contributed by atoms with E-state index in [1.54, 1.807) is 49.2 Å². The van der Waals surface area contributed by atoms with Gasteiger partial charge in [-0.1, -0.05) is 12.1 Å². The summed E-state index contributed by atoms with van der Waals surface area (Å²) in [4.78, 5) is 26.0. The van der Waals surface area contributed by atoms with Crippen LogP contribution < -0.4 is 20.5 Å². The van der Waals surface area contributed by atoms with Crippen molar-refractivity contribution in [2.75, 3.05) is 13.4 Å². The van der Waals surface area contributed by atoms with Crippen LogP contribution in [-0.4, -0.2) is 59.7 Å². The lowest BCUT2D eigenvalue weighted by Crippen LogP contribution is -2.49. The highest BCUT2D eigenvalue weighted by Crippen LogP contribution is 2.28. The van der Waals surface area contributed by atoms with Gasteiger partial charge in [-0.15, -0.1) is 11.8 Å². The molecule has 0 saturated heterocycles. The van der Waals surface area contributed by atoms with E-state index in [2.05, 4.69) is 5.32 Å². The van der Waals surface area contributed by atoms with Crippen molar-refractivity contribution in [3.63, 3.8) is 0 Å². The molecule has 8 nitrogen and oxygen atoms in total. The molecule has 0 spiro atoms. The maximum Gasteiger partial charge on any atom is 0.247 e. The topological polar surface area (TPSA) is 131 Å². The summed E-state index contributed by atoms with van der Waals surface area (Å²) in [6.45, 7) is 1.95. The number of benzene rings is 2. The zero-order valence-corrected chi connectivity index (χ0v) is 20.2. The van der Waals surface area contributed by atoms with Gasteiger partial charge in [-0.25, -0.2) is 0 Å². The Labute approximate surface area is 203 Å². The first-order chi connectivity index (χ1) is 16.2. The summed E-state index contributed by atoms with van der Waals surface area (Å²) in [6, 6.07) is 11.7. The van der Waals surface area contributed by atoms with Crippen molar-refractivity contribution in [2.45, 2.75) is 49.0 Å². The van der Waals surface area contributed by atoms with Gasteiger partial charge in [0.15, 0.2) is 0 Å². The summed E-state index contributed by atoms with van der Waals surface area (Å²) in [6.07, 6.45) is 0.245. The van der Waals surface area contributed by atoms with Crippen molar-refractivity contribution in [3.05, 3.63) is 65.2 Å². The zero-order valence-electron chi connectivity index (χ0n) is 19.4. The molecule has 9 heteroatoms. The van der Waals surface area contributed by atoms with E-state index in [-0.39, 0.29) is 18.4 Å². The van der Waals surface area contributed by atoms with Gasteiger partial charge < -0.3 is 30.7 Å². The first kappa shape index (κ1) is 25.6. The van der Waals surface area contributed by atoms with Gasteiger partial charge in [0.2, 0.25) is 11.8 Å². The fourth-order valence-electron chi connectivity index (χ4n) is 3.75. The maximum atomic E-state index is 12.9. The van der Waals surface area contributed by atoms with Gasteiger partial charge in [-0.3, -0.25) is 9.59 Å². The summed E-state index contributed by atoms with van der Waals surface area (Å²) in [7, 11) is 1.56. The number of hydrogen-bond donors (Lipinski definition) is 4. The third-order valence-electron chi connectivity index (χ3n) is 5.70. The Bertz CT molecular complexity index is 1060. The third-order valence-corrected chi connectivity index (χ3v) is 6.60. The molecule has 1 aliphatic rings. The molecule has 2 amide bonds. The number of carbonyl (C=O) groups excluding carboxylic acids is 2. The smallest absolute Gasteiger partial charge is 0.247 e. The molecule has 0 unspecified atom stereocenters. The number of primary amides is 1. The summed E-state index contributed by atoms with van der Waals surface area (Å²) in [5, 5.41) is 23.4. The lowest BCUT2D eigenvalue weighted by atomic mass is 9.91. The van der Waals surface area contributed by atoms with E-state index in [1.807, 2.05) is 25.3 Å². The van der Waals surface area contributed by atoms with E-state index in [9.17, 15) is 19.8 Å². The molecule has 2 aromatic carbocycles. The summed E-state index contributed by atoms with van der Waals surface area (Å²) in [5.41, 5.74) is 7.54. The SMILES string of the molecule is COc1ccc(C[C@H](NC(=O)C2=C[C@@H](Oc3ccc(SC)c(C)c3)[C@H](O)[C@H](O)C2)C(N)=O)cc1. The van der Waals surface area contributed by atoms with E-state index < -0.39 is 36.2 Å². The Kier molecular flexibility index (Phi) is 8.60. The van der Waals surface area contributed by atoms with Crippen LogP contribution in [0.3, 0.4) is 0 Å². The van der Waals surface area contributed by atoms with Crippen molar-refractivity contribution >= 4 is 23.6 Å². The molecule has 3 rings (SSSR count). The van der Waals surface area contributed by atoms with Crippen LogP contribution in [0.4, 0.5) is 0 Å². The van der Waals surface area contributed by atoms with Crippen LogP contribution in [0.1, 0.15) is 17.5 Å². The van der Waals surface area contributed by atoms with Crippen LogP contribution in [0.25, 0.3) is 0 Å². The van der Waals surface area contributed by atoms with Crippen LogP contribution in [0, 0.1) is 6.92 Å². The summed E-state index contributed by atoms with van der Waals surface area (Å²) in [5.74, 6) is -0.0456. The van der Waals surface area contributed by atoms with Gasteiger partial charge in [0.1, 0.15) is 29.7 Å². The molecule has 34 heavy (non-hydrogen) atoms. The molecule has 0 aromatic heterocycles. The second kappa shape index (κ2) is 11.4. The Hall–Kier alpha value is -3.01. The summed E-state index contributed by atoms with van der Waals surface area (Å²) < 4.78 is 11.0. The molecule has 0 radical (unpaired) electrons. The molecule has 0 bridgehead atoms. The molecular weight excluding hydrogens is 456 g/mol. The summed E-state index contributed by atoms with van der Waals surface area (Å²) >= 11 is 1.61. The standard InChI is InChI=1S/C25H30N2O6S/c1-14-10-18(8-9-22(14)34-3)33-21-13-16(12-20(28)23(21)29)25(31)27-19(24(26)30)11-15-4-6-17(32-2)7-5-15/h4-10,13,19-21,23,28-29H,11-12H2,1-3H3,(H2,26,30)(H,27,31)/t19-,20+,21+,23+/m0/s1. The minimum absolute atomic E-state index is 0.0781. The van der Waals surface area contributed by atoms with Crippen LogP contribution in [0.2, 0.25) is 0 Å². The molecule has 182 valence electrons. The van der Waals surface area contributed by atoms with Crippen LogP contribution in [0.5, 0.6) is 11.5 Å². The molecule has 0 fully saturated rings. The fraction of sp³-hybridized carbons (Fsp3) is 0.360. The number of aliphatic hydroxyl groups excluding tert-OH is 2. The number of nitrogens with two attached hydrogens (primary N) is 1. The van der Waals surface area contributed by atoms with Crippen molar-refractivity contribution in [3.8, 4) is 11.5 Å². The Morgan fingerprint density at radius 1 is 1.18 bits per heavy atom. The number of aryl methyl sites for hydroxylation is 1. The normalized spacial score (nSPS) is 20.7. The third kappa shape index (κ3) is 6.31. The first-order valence-corrected chi connectivity index (χ1v) is 12.1. The number of rotatable bonds is 9. The highest BCUT2D eigenvalue weighted by atomic mass is 32.2. The van der Waals surface area contributed by atoms with Gasteiger partial charge in [0, 0.05) is 23.3 Å². The van der Waals surface area contributed by atoms with Crippen molar-refractivity contribution in [1.82, 2.24) is 5.32 Å². The molecule has 2 aromatic rings. The van der Waals surface area contributed by atoms with Crippen LogP contribution in [0.15, 0.2) is 59.0 Å². The molecule has 1 aliphatic carbocycles. The molecule has 0 heterocycles. The number of hydrogen-bond acceptors (Lipinski definition) is 7. The Morgan fingerprint density at radius 3 is 2.44 bits per heavy atom. The van der Waals surface area contributed by atoms with Crippen molar-refractivity contribution < 1.29 is 29.3 Å². The molecular formula is C25H30N2O6S. The maximum absolute atomic E-state index is 12.9. The van der Waals surface area contributed by atoms with Gasteiger partial charge in [-0.2, -0.15) is 0 Å². The lowest BCUT2D eigenvalue weighted by molar-refractivity contribution is -0.126. The van der Waals surface area contributed by atoms with Crippen LogP contribution >= 0.6 is 11.8 Å². The Morgan fingerprint density at radius 2 is 1.85 bits per heavy atom. The van der Waals surface area contributed by atoms with Gasteiger partial charge >= 0.3 is 0 Å². The highest BCUT2D eigenvalue weighted by Gasteiger charge is 2.35. The van der Waals surface area contributed by atoms with E-state index in [1.165, 1.54) is 6.08 Å². The predicted molar refractivity (Wildman–Crippen MR) is 130 cm³/mol. The largest absolute Gasteiger partial charge is 0.497 e. The van der Waals surface area contributed by atoms with E-state index in [0.29, 0.717) is 11.5 Å². The Balaban J connectivity index is 1.74. The number of carbonyl (C=O) groups is 2. The second-order valence-corrected chi connectivity index (χ2v) is 9.00. The van der Waals surface area contributed by atoms with Gasteiger partial charge in [0.25, 0.3) is 0 Å². The molecule has 4 atom stereocenters. The monoisotopic (exact) mass is 486 g/mol. The number of nitrogens with one attached hydrogen (secondary N) is 1. The molecule has 0 aliphatic heterocycles. The number of aliphatic hydroxyl groups is 2. The van der Waals surface area contributed by atoms with Gasteiger partial charge in [-0.05, 0) is 60.7 Å². The lowest BCUT2D eigenvalue weighted by Gasteiger charge is -2.31. The van der Waals surface area contributed by atoms with Crippen molar-refractivity contribution in [1.29, 1.82) is 0 Å². The molecule has 0 saturated carbocycles. The average Bonchev–Trinajstić information content (AvgIpc) is 2.81. The van der Waals surface area contributed by atoms with Crippen LogP contribution in [-0.2, 0) is 16.0 Å². The number of methoxy groups -OCH3 is 1. The minimum atomic E-state index is -1.21. The average molecular weight is 487 g/mol. The number of amides is 2. The first-order valence-electron chi connectivity index (χ1n) is 10.8. The number of ether oxygens (including phenoxy) is 2. The zero-order chi connectivity index (χ0) is 24.8. The number of thioether (sulfide) groups is 1. The van der Waals surface area contributed by atoms with Crippen molar-refractivity contribution in [2.24, 2.45) is 5.73 Å². The van der Waals surface area contributed by atoms with Gasteiger partial charge in [0.05, 0.1) is 13.2 Å². The fourth-order valence-corrected chi connectivity index (χ4v) is 4.34. The highest BCUT2D eigenvalue weighted by molar-refractivity contribution is 7.98. The predicted octanol–water partition coefficient (Wildman–Crippen LogP) is 1.74. The second-order valence-electron chi connectivity index (χ2n) is 8.15. The van der Waals surface area contributed by atoms with E-state index >= 15 is 0 Å². The van der Waals surface area contributed by atoms with E-state index in [4.69, 9.17) is 15.2 Å². The quantitative estimate of drug-likeness (QED) is 0.397. The molecule has 5 N–H and O–H groups in total.